The minimum atomic E-state index is -0.216. The van der Waals surface area contributed by atoms with E-state index in [4.69, 9.17) is 4.74 Å². The Bertz CT molecular complexity index is 1070. The maximum atomic E-state index is 12.1. The van der Waals surface area contributed by atoms with Gasteiger partial charge in [-0.25, -0.2) is 9.78 Å². The van der Waals surface area contributed by atoms with E-state index in [1.807, 2.05) is 66.7 Å². The third-order valence-electron chi connectivity index (χ3n) is 4.54. The van der Waals surface area contributed by atoms with Gasteiger partial charge in [-0.15, -0.1) is 11.3 Å². The number of nitrogens with one attached hydrogen (secondary N) is 2. The summed E-state index contributed by atoms with van der Waals surface area (Å²) in [5.74, 6) is 0.828. The number of anilines is 1. The van der Waals surface area contributed by atoms with Crippen molar-refractivity contribution in [1.82, 2.24) is 10.3 Å². The van der Waals surface area contributed by atoms with Gasteiger partial charge in [0.2, 0.25) is 0 Å². The normalized spacial score (nSPS) is 10.7. The number of fused-ring (bicyclic) bond motifs is 1. The molecule has 2 N–H and O–H groups in total. The second-order valence-corrected chi connectivity index (χ2v) is 7.57. The number of hydrogen-bond acceptors (Lipinski definition) is 4. The van der Waals surface area contributed by atoms with Crippen LogP contribution in [0.1, 0.15) is 5.56 Å². The summed E-state index contributed by atoms with van der Waals surface area (Å²) >= 11 is 1.66. The van der Waals surface area contributed by atoms with E-state index >= 15 is 0 Å². The van der Waals surface area contributed by atoms with Gasteiger partial charge in [-0.2, -0.15) is 0 Å². The Kier molecular flexibility index (Phi) is 5.72. The van der Waals surface area contributed by atoms with Crippen molar-refractivity contribution in [3.63, 3.8) is 0 Å². The predicted molar refractivity (Wildman–Crippen MR) is 119 cm³/mol. The first kappa shape index (κ1) is 19.0. The van der Waals surface area contributed by atoms with Gasteiger partial charge in [-0.1, -0.05) is 24.3 Å². The van der Waals surface area contributed by atoms with Crippen LogP contribution in [0.3, 0.4) is 0 Å². The molecule has 1 aromatic heterocycles. The quantitative estimate of drug-likeness (QED) is 0.457. The first-order chi connectivity index (χ1) is 14.2. The fraction of sp³-hybridized carbons (Fsp3) is 0.130. The largest absolute Gasteiger partial charge is 0.497 e. The van der Waals surface area contributed by atoms with Crippen LogP contribution in [-0.2, 0) is 6.42 Å². The molecular weight excluding hydrogens is 382 g/mol. The van der Waals surface area contributed by atoms with Crippen LogP contribution in [0.15, 0.2) is 72.8 Å². The van der Waals surface area contributed by atoms with Crippen LogP contribution in [0.4, 0.5) is 10.5 Å². The van der Waals surface area contributed by atoms with Crippen molar-refractivity contribution in [2.75, 3.05) is 19.0 Å². The number of methoxy groups -OCH3 is 1. The molecule has 6 heteroatoms. The van der Waals surface area contributed by atoms with Crippen LogP contribution in [-0.4, -0.2) is 24.7 Å². The van der Waals surface area contributed by atoms with Crippen molar-refractivity contribution in [1.29, 1.82) is 0 Å². The third-order valence-corrected chi connectivity index (χ3v) is 5.63. The number of thiazole rings is 1. The zero-order chi connectivity index (χ0) is 20.1. The van der Waals surface area contributed by atoms with Gasteiger partial charge in [0.25, 0.3) is 0 Å². The fourth-order valence-electron chi connectivity index (χ4n) is 2.98. The van der Waals surface area contributed by atoms with E-state index in [-0.39, 0.29) is 6.03 Å². The third kappa shape index (κ3) is 4.73. The molecule has 0 atom stereocenters. The molecule has 0 saturated heterocycles. The molecule has 3 aromatic carbocycles. The van der Waals surface area contributed by atoms with Crippen molar-refractivity contribution in [2.45, 2.75) is 6.42 Å². The lowest BCUT2D eigenvalue weighted by Crippen LogP contribution is -2.30. The highest BCUT2D eigenvalue weighted by molar-refractivity contribution is 7.21. The van der Waals surface area contributed by atoms with Gasteiger partial charge in [0, 0.05) is 17.8 Å². The van der Waals surface area contributed by atoms with Gasteiger partial charge < -0.3 is 15.4 Å². The Morgan fingerprint density at radius 3 is 2.48 bits per heavy atom. The number of carbonyl (C=O) groups excluding carboxylic acids is 1. The molecule has 0 bridgehead atoms. The van der Waals surface area contributed by atoms with Crippen LogP contribution in [0.25, 0.3) is 20.8 Å². The summed E-state index contributed by atoms with van der Waals surface area (Å²) in [7, 11) is 1.65. The number of rotatable bonds is 6. The number of urea groups is 1. The minimum absolute atomic E-state index is 0.216. The van der Waals surface area contributed by atoms with Crippen molar-refractivity contribution in [3.8, 4) is 16.3 Å². The van der Waals surface area contributed by atoms with E-state index < -0.39 is 0 Å². The minimum Gasteiger partial charge on any atom is -0.497 e. The number of carbonyl (C=O) groups is 1. The summed E-state index contributed by atoms with van der Waals surface area (Å²) in [5.41, 5.74) is 3.94. The molecule has 0 radical (unpaired) electrons. The molecule has 2 amide bonds. The Hall–Kier alpha value is -3.38. The zero-order valence-corrected chi connectivity index (χ0v) is 16.8. The molecule has 146 valence electrons. The van der Waals surface area contributed by atoms with Crippen molar-refractivity contribution in [2.24, 2.45) is 0 Å². The molecule has 29 heavy (non-hydrogen) atoms. The molecular formula is C23H21N3O2S. The summed E-state index contributed by atoms with van der Waals surface area (Å²) in [6.45, 7) is 0.557. The summed E-state index contributed by atoms with van der Waals surface area (Å²) in [5, 5.41) is 6.72. The molecule has 0 aliphatic rings. The molecule has 0 saturated carbocycles. The molecule has 0 spiro atoms. The smallest absolute Gasteiger partial charge is 0.319 e. The lowest BCUT2D eigenvalue weighted by atomic mass is 10.1. The van der Waals surface area contributed by atoms with E-state index in [0.29, 0.717) is 6.54 Å². The van der Waals surface area contributed by atoms with Crippen molar-refractivity contribution >= 4 is 33.3 Å². The summed E-state index contributed by atoms with van der Waals surface area (Å²) < 4.78 is 6.31. The number of para-hydroxylation sites is 1. The van der Waals surface area contributed by atoms with E-state index in [2.05, 4.69) is 21.7 Å². The first-order valence-corrected chi connectivity index (χ1v) is 10.2. The first-order valence-electron chi connectivity index (χ1n) is 9.35. The summed E-state index contributed by atoms with van der Waals surface area (Å²) in [6.07, 6.45) is 0.758. The number of ether oxygens (including phenoxy) is 1. The van der Waals surface area contributed by atoms with Gasteiger partial charge in [0.05, 0.1) is 17.3 Å². The summed E-state index contributed by atoms with van der Waals surface area (Å²) in [6, 6.07) is 23.5. The Morgan fingerprint density at radius 1 is 1.00 bits per heavy atom. The summed E-state index contributed by atoms with van der Waals surface area (Å²) in [4.78, 5) is 16.8. The van der Waals surface area contributed by atoms with Gasteiger partial charge in [0.1, 0.15) is 10.8 Å². The lowest BCUT2D eigenvalue weighted by Gasteiger charge is -2.08. The van der Waals surface area contributed by atoms with E-state index in [1.165, 1.54) is 4.70 Å². The Morgan fingerprint density at radius 2 is 1.76 bits per heavy atom. The van der Waals surface area contributed by atoms with Crippen LogP contribution in [0.5, 0.6) is 5.75 Å². The molecule has 0 aliphatic heterocycles. The number of nitrogens with zero attached hydrogens (tertiary/aromatic N) is 1. The van der Waals surface area contributed by atoms with Gasteiger partial charge in [-0.3, -0.25) is 0 Å². The van der Waals surface area contributed by atoms with E-state index in [1.54, 1.807) is 18.4 Å². The predicted octanol–water partition coefficient (Wildman–Crippen LogP) is 5.34. The fourth-order valence-corrected chi connectivity index (χ4v) is 3.95. The van der Waals surface area contributed by atoms with E-state index in [9.17, 15) is 4.79 Å². The average Bonchev–Trinajstić information content (AvgIpc) is 3.19. The van der Waals surface area contributed by atoms with Gasteiger partial charge in [0.15, 0.2) is 0 Å². The zero-order valence-electron chi connectivity index (χ0n) is 16.0. The molecule has 5 nitrogen and oxygen atoms in total. The molecule has 0 aliphatic carbocycles. The van der Waals surface area contributed by atoms with E-state index in [0.717, 1.165) is 39.5 Å². The molecule has 0 fully saturated rings. The maximum Gasteiger partial charge on any atom is 0.319 e. The highest BCUT2D eigenvalue weighted by Gasteiger charge is 2.07. The molecule has 4 rings (SSSR count). The van der Waals surface area contributed by atoms with Crippen LogP contribution < -0.4 is 15.4 Å². The Labute approximate surface area is 173 Å². The van der Waals surface area contributed by atoms with Crippen LogP contribution in [0.2, 0.25) is 0 Å². The van der Waals surface area contributed by atoms with Crippen molar-refractivity contribution in [3.05, 3.63) is 78.4 Å². The highest BCUT2D eigenvalue weighted by atomic mass is 32.1. The number of benzene rings is 3. The number of aromatic nitrogens is 1. The highest BCUT2D eigenvalue weighted by Crippen LogP contribution is 2.30. The standard InChI is InChI=1S/C23H21N3O2S/c1-28-19-12-6-16(7-13-19)14-15-24-23(27)25-18-10-8-17(9-11-18)22-26-20-4-2-3-5-21(20)29-22/h2-13H,14-15H2,1H3,(H2,24,25,27). The Balaban J connectivity index is 1.30. The monoisotopic (exact) mass is 403 g/mol. The SMILES string of the molecule is COc1ccc(CCNC(=O)Nc2ccc(-c3nc4ccccc4s3)cc2)cc1. The van der Waals surface area contributed by atoms with Gasteiger partial charge in [-0.05, 0) is 60.5 Å². The maximum absolute atomic E-state index is 12.1. The molecule has 0 unspecified atom stereocenters. The number of hydrogen-bond donors (Lipinski definition) is 2. The average molecular weight is 404 g/mol. The second-order valence-electron chi connectivity index (χ2n) is 6.54. The topological polar surface area (TPSA) is 63.2 Å². The number of amides is 2. The second kappa shape index (κ2) is 8.75. The van der Waals surface area contributed by atoms with Crippen LogP contribution in [0, 0.1) is 0 Å². The molecule has 4 aromatic rings. The lowest BCUT2D eigenvalue weighted by molar-refractivity contribution is 0.252. The van der Waals surface area contributed by atoms with Crippen molar-refractivity contribution < 1.29 is 9.53 Å². The van der Waals surface area contributed by atoms with Gasteiger partial charge >= 0.3 is 6.03 Å². The van der Waals surface area contributed by atoms with Crippen LogP contribution >= 0.6 is 11.3 Å². The molecule has 1 heterocycles.